The van der Waals surface area contributed by atoms with Gasteiger partial charge in [-0.1, -0.05) is 18.2 Å². The van der Waals surface area contributed by atoms with Crippen LogP contribution in [-0.2, 0) is 24.9 Å². The van der Waals surface area contributed by atoms with Crippen LogP contribution in [0.5, 0.6) is 0 Å². The first-order valence-corrected chi connectivity index (χ1v) is 9.79. The molecule has 7 heteroatoms. The molecule has 1 aromatic carbocycles. The Balaban J connectivity index is 1.47. The first-order chi connectivity index (χ1) is 14.3. The second-order valence-corrected chi connectivity index (χ2v) is 7.73. The lowest BCUT2D eigenvalue weighted by atomic mass is 10.1. The van der Waals surface area contributed by atoms with Crippen molar-refractivity contribution in [2.75, 3.05) is 26.0 Å². The zero-order valence-electron chi connectivity index (χ0n) is 17.7. The second-order valence-electron chi connectivity index (χ2n) is 7.73. The minimum absolute atomic E-state index is 0.0802. The summed E-state index contributed by atoms with van der Waals surface area (Å²) in [5.41, 5.74) is 4.01. The fourth-order valence-corrected chi connectivity index (χ4v) is 3.81. The quantitative estimate of drug-likeness (QED) is 0.629. The number of aryl methyl sites for hydroxylation is 1. The minimum Gasteiger partial charge on any atom is -0.346 e. The number of rotatable bonds is 4. The van der Waals surface area contributed by atoms with Gasteiger partial charge in [0.25, 0.3) is 0 Å². The van der Waals surface area contributed by atoms with E-state index < -0.39 is 0 Å². The highest BCUT2D eigenvalue weighted by atomic mass is 16.2. The Bertz CT molecular complexity index is 1160. The third-order valence-electron chi connectivity index (χ3n) is 5.55. The summed E-state index contributed by atoms with van der Waals surface area (Å²) in [5, 5.41) is 1.17. The molecule has 0 radical (unpaired) electrons. The van der Waals surface area contributed by atoms with Crippen LogP contribution in [0.3, 0.4) is 0 Å². The standard InChI is InChI=1S/C23H25N5O2/c1-25(15-19-12-17-7-5-6-8-20(17)27(19)3)21(29)10-9-16-11-18-14-26(2)23(30)28(4)22(18)24-13-16/h5-13H,14-15H2,1-4H3. The van der Waals surface area contributed by atoms with E-state index in [0.29, 0.717) is 18.9 Å². The third kappa shape index (κ3) is 3.54. The number of amides is 3. The molecule has 0 saturated heterocycles. The van der Waals surface area contributed by atoms with Gasteiger partial charge in [0, 0.05) is 57.2 Å². The molecule has 0 spiro atoms. The summed E-state index contributed by atoms with van der Waals surface area (Å²) >= 11 is 0. The van der Waals surface area contributed by atoms with Crippen LogP contribution in [0.15, 0.2) is 48.7 Å². The van der Waals surface area contributed by atoms with Crippen molar-refractivity contribution < 1.29 is 9.59 Å². The average Bonchev–Trinajstić information content (AvgIpc) is 3.05. The summed E-state index contributed by atoms with van der Waals surface area (Å²) in [5.74, 6) is 0.580. The molecule has 0 fully saturated rings. The number of para-hydroxylation sites is 1. The van der Waals surface area contributed by atoms with Crippen LogP contribution < -0.4 is 4.90 Å². The van der Waals surface area contributed by atoms with Gasteiger partial charge in [0.05, 0.1) is 13.1 Å². The number of hydrogen-bond donors (Lipinski definition) is 0. The average molecular weight is 403 g/mol. The second kappa shape index (κ2) is 7.67. The first-order valence-electron chi connectivity index (χ1n) is 9.79. The maximum atomic E-state index is 12.6. The minimum atomic E-state index is -0.0811. The molecule has 30 heavy (non-hydrogen) atoms. The van der Waals surface area contributed by atoms with Gasteiger partial charge in [0.2, 0.25) is 5.91 Å². The number of benzene rings is 1. The normalized spacial score (nSPS) is 13.9. The van der Waals surface area contributed by atoms with Crippen molar-refractivity contribution in [3.8, 4) is 0 Å². The van der Waals surface area contributed by atoms with Gasteiger partial charge in [0.15, 0.2) is 0 Å². The van der Waals surface area contributed by atoms with Crippen molar-refractivity contribution in [1.29, 1.82) is 0 Å². The van der Waals surface area contributed by atoms with Crippen molar-refractivity contribution in [3.63, 3.8) is 0 Å². The highest BCUT2D eigenvalue weighted by Gasteiger charge is 2.26. The molecule has 0 bridgehead atoms. The van der Waals surface area contributed by atoms with E-state index in [-0.39, 0.29) is 11.9 Å². The lowest BCUT2D eigenvalue weighted by molar-refractivity contribution is -0.125. The number of pyridine rings is 1. The van der Waals surface area contributed by atoms with E-state index in [9.17, 15) is 9.59 Å². The first kappa shape index (κ1) is 19.7. The van der Waals surface area contributed by atoms with Gasteiger partial charge < -0.3 is 14.4 Å². The number of hydrogen-bond acceptors (Lipinski definition) is 3. The highest BCUT2D eigenvalue weighted by Crippen LogP contribution is 2.25. The molecule has 0 N–H and O–H groups in total. The number of likely N-dealkylation sites (N-methyl/N-ethyl adjacent to an activating group) is 1. The van der Waals surface area contributed by atoms with E-state index in [1.54, 1.807) is 49.3 Å². The van der Waals surface area contributed by atoms with E-state index in [2.05, 4.69) is 27.8 Å². The monoisotopic (exact) mass is 403 g/mol. The lowest BCUT2D eigenvalue weighted by Gasteiger charge is -2.31. The molecule has 3 aromatic rings. The molecule has 1 aliphatic rings. The fourth-order valence-electron chi connectivity index (χ4n) is 3.81. The number of carbonyl (C=O) groups excluding carboxylic acids is 2. The lowest BCUT2D eigenvalue weighted by Crippen LogP contribution is -2.43. The van der Waals surface area contributed by atoms with Crippen LogP contribution in [0.1, 0.15) is 16.8 Å². The molecule has 0 saturated carbocycles. The van der Waals surface area contributed by atoms with Crippen LogP contribution in [0, 0.1) is 0 Å². The van der Waals surface area contributed by atoms with Crippen LogP contribution in [0.25, 0.3) is 17.0 Å². The molecular weight excluding hydrogens is 378 g/mol. The van der Waals surface area contributed by atoms with E-state index >= 15 is 0 Å². The number of aromatic nitrogens is 2. The molecule has 0 unspecified atom stereocenters. The molecular formula is C23H25N5O2. The number of nitrogens with zero attached hydrogens (tertiary/aromatic N) is 5. The smallest absolute Gasteiger partial charge is 0.325 e. The summed E-state index contributed by atoms with van der Waals surface area (Å²) in [6, 6.07) is 12.2. The molecule has 4 rings (SSSR count). The van der Waals surface area contributed by atoms with Crippen molar-refractivity contribution in [2.45, 2.75) is 13.1 Å². The van der Waals surface area contributed by atoms with E-state index in [0.717, 1.165) is 22.3 Å². The van der Waals surface area contributed by atoms with Gasteiger partial charge in [-0.05, 0) is 35.2 Å². The van der Waals surface area contributed by atoms with Crippen LogP contribution >= 0.6 is 0 Å². The molecule has 7 nitrogen and oxygen atoms in total. The summed E-state index contributed by atoms with van der Waals surface area (Å²) in [7, 11) is 7.29. The predicted molar refractivity (Wildman–Crippen MR) is 118 cm³/mol. The summed E-state index contributed by atoms with van der Waals surface area (Å²) in [6.07, 6.45) is 5.01. The Labute approximate surface area is 175 Å². The zero-order chi connectivity index (χ0) is 21.4. The van der Waals surface area contributed by atoms with Gasteiger partial charge in [-0.15, -0.1) is 0 Å². The Hall–Kier alpha value is -3.61. The van der Waals surface area contributed by atoms with Crippen LogP contribution in [-0.4, -0.2) is 52.4 Å². The van der Waals surface area contributed by atoms with Gasteiger partial charge in [-0.25, -0.2) is 9.78 Å². The Kier molecular flexibility index (Phi) is 5.03. The van der Waals surface area contributed by atoms with Crippen molar-refractivity contribution in [2.24, 2.45) is 7.05 Å². The van der Waals surface area contributed by atoms with E-state index in [1.165, 1.54) is 10.3 Å². The Morgan fingerprint density at radius 2 is 1.97 bits per heavy atom. The Morgan fingerprint density at radius 1 is 1.20 bits per heavy atom. The number of anilines is 1. The summed E-state index contributed by atoms with van der Waals surface area (Å²) in [6.45, 7) is 1.02. The highest BCUT2D eigenvalue weighted by molar-refractivity contribution is 5.94. The zero-order valence-corrected chi connectivity index (χ0v) is 17.7. The maximum Gasteiger partial charge on any atom is 0.325 e. The van der Waals surface area contributed by atoms with Crippen molar-refractivity contribution in [3.05, 3.63) is 65.5 Å². The summed E-state index contributed by atoms with van der Waals surface area (Å²) in [4.78, 5) is 33.9. The van der Waals surface area contributed by atoms with E-state index in [1.807, 2.05) is 25.2 Å². The number of urea groups is 1. The van der Waals surface area contributed by atoms with Gasteiger partial charge in [-0.3, -0.25) is 9.69 Å². The van der Waals surface area contributed by atoms with Crippen LogP contribution in [0.2, 0.25) is 0 Å². The SMILES string of the molecule is CN(Cc1cc2ccccc2n1C)C(=O)C=Cc1cnc2c(c1)CN(C)C(=O)N2C. The third-order valence-corrected chi connectivity index (χ3v) is 5.55. The van der Waals surface area contributed by atoms with Crippen molar-refractivity contribution in [1.82, 2.24) is 19.4 Å². The molecule has 1 aliphatic heterocycles. The molecule has 2 aromatic heterocycles. The van der Waals surface area contributed by atoms with Crippen molar-refractivity contribution >= 4 is 34.7 Å². The Morgan fingerprint density at radius 3 is 2.73 bits per heavy atom. The van der Waals surface area contributed by atoms with Gasteiger partial charge in [-0.2, -0.15) is 0 Å². The summed E-state index contributed by atoms with van der Waals surface area (Å²) < 4.78 is 2.12. The largest absolute Gasteiger partial charge is 0.346 e. The molecule has 0 atom stereocenters. The van der Waals surface area contributed by atoms with Crippen LogP contribution in [0.4, 0.5) is 10.6 Å². The number of carbonyl (C=O) groups is 2. The molecule has 0 aliphatic carbocycles. The predicted octanol–water partition coefficient (Wildman–Crippen LogP) is 3.25. The maximum absolute atomic E-state index is 12.6. The van der Waals surface area contributed by atoms with E-state index in [4.69, 9.17) is 0 Å². The molecule has 3 amide bonds. The number of fused-ring (bicyclic) bond motifs is 2. The fraction of sp³-hybridized carbons (Fsp3) is 0.261. The van der Waals surface area contributed by atoms with Gasteiger partial charge in [0.1, 0.15) is 5.82 Å². The molecule has 154 valence electrons. The van der Waals surface area contributed by atoms with Gasteiger partial charge >= 0.3 is 6.03 Å². The topological polar surface area (TPSA) is 61.7 Å². The molecule has 3 heterocycles.